The van der Waals surface area contributed by atoms with Crippen LogP contribution in [0.2, 0.25) is 0 Å². The summed E-state index contributed by atoms with van der Waals surface area (Å²) in [6.45, 7) is 4.00. The van der Waals surface area contributed by atoms with Crippen molar-refractivity contribution in [2.24, 2.45) is 11.8 Å². The van der Waals surface area contributed by atoms with Crippen LogP contribution in [0.4, 0.5) is 0 Å². The van der Waals surface area contributed by atoms with Crippen molar-refractivity contribution in [2.75, 3.05) is 43.9 Å². The van der Waals surface area contributed by atoms with Crippen LogP contribution in [0.25, 0.3) is 0 Å². The minimum atomic E-state index is -4.23. The summed E-state index contributed by atoms with van der Waals surface area (Å²) in [6.07, 6.45) is 12.2. The quantitative estimate of drug-likeness (QED) is 0.185. The summed E-state index contributed by atoms with van der Waals surface area (Å²) in [7, 11) is -6.07. The van der Waals surface area contributed by atoms with E-state index in [1.165, 1.54) is 51.4 Å². The molecule has 2 N–H and O–H groups in total. The number of hydrogen-bond donors (Lipinski definition) is 2. The number of carboxylic acids is 1. The third-order valence-corrected chi connectivity index (χ3v) is 8.78. The maximum absolute atomic E-state index is 12.2. The van der Waals surface area contributed by atoms with E-state index in [0.717, 1.165) is 19.4 Å². The van der Waals surface area contributed by atoms with Crippen molar-refractivity contribution in [3.05, 3.63) is 0 Å². The minimum absolute atomic E-state index is 0.356. The first-order valence-electron chi connectivity index (χ1n) is 11.6. The molecular weight excluding hydrogens is 442 g/mol. The van der Waals surface area contributed by atoms with Gasteiger partial charge < -0.3 is 9.59 Å². The van der Waals surface area contributed by atoms with Gasteiger partial charge >= 0.3 is 5.97 Å². The summed E-state index contributed by atoms with van der Waals surface area (Å²) in [4.78, 5) is 10.8. The summed E-state index contributed by atoms with van der Waals surface area (Å²) < 4.78 is 57.1. The highest BCUT2D eigenvalue weighted by molar-refractivity contribution is 7.92. The van der Waals surface area contributed by atoms with Crippen LogP contribution in [0.1, 0.15) is 71.1 Å². The molecular formula is C21H42NO7S2+. The minimum Gasteiger partial charge on any atom is -0.480 e. The molecule has 1 aliphatic rings. The molecule has 1 heterocycles. The summed E-state index contributed by atoms with van der Waals surface area (Å²) in [5, 5.41) is 8.82. The van der Waals surface area contributed by atoms with Crippen LogP contribution in [0.5, 0.6) is 0 Å². The maximum Gasteiger partial charge on any atom is 0.318 e. The number of carboxylic acid groups (broad SMARTS) is 1. The van der Waals surface area contributed by atoms with E-state index in [-0.39, 0.29) is 5.75 Å². The molecule has 31 heavy (non-hydrogen) atoms. The average molecular weight is 485 g/mol. The first-order valence-corrected chi connectivity index (χ1v) is 15.0. The van der Waals surface area contributed by atoms with Gasteiger partial charge in [-0.15, -0.1) is 0 Å². The molecule has 184 valence electrons. The van der Waals surface area contributed by atoms with Crippen molar-refractivity contribution in [3.63, 3.8) is 0 Å². The number of quaternary nitrogens is 1. The van der Waals surface area contributed by atoms with Crippen molar-refractivity contribution >= 4 is 25.9 Å². The Hall–Kier alpha value is -0.710. The van der Waals surface area contributed by atoms with Crippen LogP contribution in [-0.2, 0) is 24.7 Å². The fourth-order valence-electron chi connectivity index (χ4n) is 4.89. The molecule has 0 saturated carbocycles. The standard InChI is InChI=1S/C21H41NO7S2/c1-3-4-5-6-7-8-9-10-11-12-13-22(2)14-19(16-30(25,26)18-21(23)24)20(15-22)17-31(27,28)29/h19-20H,3-18H2,1-2H3,(H-,23,24,27,28,29)/p+1. The van der Waals surface area contributed by atoms with Gasteiger partial charge in [-0.2, -0.15) is 8.42 Å². The van der Waals surface area contributed by atoms with Crippen LogP contribution < -0.4 is 0 Å². The number of nitrogens with zero attached hydrogens (tertiary/aromatic N) is 1. The second-order valence-electron chi connectivity index (χ2n) is 9.61. The lowest BCUT2D eigenvalue weighted by molar-refractivity contribution is -0.900. The number of sulfone groups is 1. The predicted molar refractivity (Wildman–Crippen MR) is 122 cm³/mol. The molecule has 0 aromatic rings. The lowest BCUT2D eigenvalue weighted by Crippen LogP contribution is -2.43. The fraction of sp³-hybridized carbons (Fsp3) is 0.952. The highest BCUT2D eigenvalue weighted by Gasteiger charge is 2.45. The normalized spacial score (nSPS) is 24.5. The summed E-state index contributed by atoms with van der Waals surface area (Å²) in [6, 6.07) is 0. The number of aliphatic carboxylic acids is 1. The monoisotopic (exact) mass is 484 g/mol. The molecule has 3 atom stereocenters. The van der Waals surface area contributed by atoms with E-state index in [1.807, 2.05) is 7.05 Å². The van der Waals surface area contributed by atoms with E-state index in [2.05, 4.69) is 6.92 Å². The first kappa shape index (κ1) is 28.3. The Bertz CT molecular complexity index is 752. The summed E-state index contributed by atoms with van der Waals surface area (Å²) >= 11 is 0. The van der Waals surface area contributed by atoms with Gasteiger partial charge in [-0.05, 0) is 12.8 Å². The van der Waals surface area contributed by atoms with Gasteiger partial charge in [-0.25, -0.2) is 8.42 Å². The smallest absolute Gasteiger partial charge is 0.318 e. The number of carbonyl (C=O) groups is 1. The Morgan fingerprint density at radius 2 is 1.29 bits per heavy atom. The molecule has 3 unspecified atom stereocenters. The van der Waals surface area contributed by atoms with Crippen LogP contribution in [-0.4, -0.2) is 80.9 Å². The van der Waals surface area contributed by atoms with Gasteiger partial charge in [0.25, 0.3) is 10.1 Å². The molecule has 0 bridgehead atoms. The van der Waals surface area contributed by atoms with Gasteiger partial charge in [0.15, 0.2) is 9.84 Å². The second-order valence-corrected chi connectivity index (χ2v) is 13.2. The van der Waals surface area contributed by atoms with Crippen molar-refractivity contribution in [2.45, 2.75) is 71.1 Å². The zero-order valence-corrected chi connectivity index (χ0v) is 20.8. The first-order chi connectivity index (χ1) is 14.4. The van der Waals surface area contributed by atoms with Crippen molar-refractivity contribution < 1.29 is 35.8 Å². The van der Waals surface area contributed by atoms with E-state index < -0.39 is 49.3 Å². The Morgan fingerprint density at radius 3 is 1.74 bits per heavy atom. The van der Waals surface area contributed by atoms with Crippen LogP contribution in [0.15, 0.2) is 0 Å². The molecule has 0 aromatic carbocycles. The van der Waals surface area contributed by atoms with Crippen LogP contribution in [0, 0.1) is 11.8 Å². The largest absolute Gasteiger partial charge is 0.480 e. The number of hydrogen-bond acceptors (Lipinski definition) is 5. The van der Waals surface area contributed by atoms with Gasteiger partial charge in [0.1, 0.15) is 5.75 Å². The summed E-state index contributed by atoms with van der Waals surface area (Å²) in [5.41, 5.74) is 0. The average Bonchev–Trinajstić information content (AvgIpc) is 2.88. The number of rotatable bonds is 17. The van der Waals surface area contributed by atoms with E-state index in [0.29, 0.717) is 17.6 Å². The highest BCUT2D eigenvalue weighted by atomic mass is 32.2. The van der Waals surface area contributed by atoms with Gasteiger partial charge in [0, 0.05) is 11.8 Å². The fourth-order valence-corrected chi connectivity index (χ4v) is 7.33. The Balaban J connectivity index is 2.50. The van der Waals surface area contributed by atoms with Gasteiger partial charge in [-0.1, -0.05) is 58.3 Å². The van der Waals surface area contributed by atoms with Gasteiger partial charge in [-0.3, -0.25) is 9.35 Å². The van der Waals surface area contributed by atoms with Crippen LogP contribution in [0.3, 0.4) is 0 Å². The zero-order chi connectivity index (χ0) is 23.5. The van der Waals surface area contributed by atoms with Gasteiger partial charge in [0.05, 0.1) is 38.2 Å². The SMILES string of the molecule is CCCCCCCCCCCC[N+]1(C)CC(CS(=O)(=O)O)C(CS(=O)(=O)CC(=O)O)C1. The number of likely N-dealkylation sites (tertiary alicyclic amines) is 1. The van der Waals surface area contributed by atoms with E-state index in [4.69, 9.17) is 5.11 Å². The number of unbranched alkanes of at least 4 members (excludes halogenated alkanes) is 9. The van der Waals surface area contributed by atoms with Crippen molar-refractivity contribution in [3.8, 4) is 0 Å². The molecule has 0 radical (unpaired) electrons. The molecule has 1 fully saturated rings. The van der Waals surface area contributed by atoms with Crippen molar-refractivity contribution in [1.82, 2.24) is 0 Å². The predicted octanol–water partition coefficient (Wildman–Crippen LogP) is 2.99. The molecule has 0 amide bonds. The highest BCUT2D eigenvalue weighted by Crippen LogP contribution is 2.31. The zero-order valence-electron chi connectivity index (χ0n) is 19.2. The Morgan fingerprint density at radius 1 is 0.839 bits per heavy atom. The lowest BCUT2D eigenvalue weighted by atomic mass is 10.0. The molecule has 1 saturated heterocycles. The molecule has 0 aliphatic carbocycles. The lowest BCUT2D eigenvalue weighted by Gasteiger charge is -2.30. The third-order valence-electron chi connectivity index (χ3n) is 6.30. The molecule has 10 heteroatoms. The van der Waals surface area contributed by atoms with E-state index >= 15 is 0 Å². The van der Waals surface area contributed by atoms with Crippen LogP contribution >= 0.6 is 0 Å². The third kappa shape index (κ3) is 12.8. The Labute approximate surface area is 188 Å². The second kappa shape index (κ2) is 13.1. The molecule has 8 nitrogen and oxygen atoms in total. The molecule has 0 spiro atoms. The Kier molecular flexibility index (Phi) is 12.0. The van der Waals surface area contributed by atoms with Gasteiger partial charge in [0.2, 0.25) is 0 Å². The molecule has 1 rings (SSSR count). The molecule has 0 aromatic heterocycles. The summed E-state index contributed by atoms with van der Waals surface area (Å²) in [5.74, 6) is -4.17. The maximum atomic E-state index is 12.2. The topological polar surface area (TPSA) is 126 Å². The molecule has 1 aliphatic heterocycles. The van der Waals surface area contributed by atoms with E-state index in [1.54, 1.807) is 0 Å². The van der Waals surface area contributed by atoms with Crippen molar-refractivity contribution in [1.29, 1.82) is 0 Å². The van der Waals surface area contributed by atoms with E-state index in [9.17, 15) is 26.2 Å².